The van der Waals surface area contributed by atoms with Gasteiger partial charge in [-0.25, -0.2) is 0 Å². The minimum Gasteiger partial charge on any atom is -0.388 e. The van der Waals surface area contributed by atoms with Crippen LogP contribution in [0.5, 0.6) is 0 Å². The van der Waals surface area contributed by atoms with Gasteiger partial charge in [0, 0.05) is 0 Å². The standard InChI is InChI=1S/C29H38F6O2/c1-18(27(37,28(30,31)32)29(33,34)35)13-15-26(16-17-26)24-12-11-22-21(7-5-14-25(22,24)3)10-9-20-6-4-8-23(36)19(20)2/h9-10,13,22-24,36-37H,2,4-8,11-12,14-17H2,1,3H3/b18-13+,20-9-,21-10+/t22?,23-,24-,25-/m0/s1. The summed E-state index contributed by atoms with van der Waals surface area (Å²) in [6.07, 6.45) is 2.11. The predicted octanol–water partition coefficient (Wildman–Crippen LogP) is 8.13. The van der Waals surface area contributed by atoms with Crippen molar-refractivity contribution < 1.29 is 36.6 Å². The van der Waals surface area contributed by atoms with E-state index in [1.165, 1.54) is 5.57 Å². The van der Waals surface area contributed by atoms with E-state index in [0.717, 1.165) is 88.4 Å². The number of fused-ring (bicyclic) bond motifs is 1. The van der Waals surface area contributed by atoms with Crippen molar-refractivity contribution >= 4 is 0 Å². The Morgan fingerprint density at radius 3 is 2.22 bits per heavy atom. The van der Waals surface area contributed by atoms with Crippen LogP contribution in [0.3, 0.4) is 0 Å². The lowest BCUT2D eigenvalue weighted by Gasteiger charge is -2.45. The molecule has 0 aromatic carbocycles. The zero-order chi connectivity index (χ0) is 27.4. The number of hydrogen-bond acceptors (Lipinski definition) is 2. The highest BCUT2D eigenvalue weighted by molar-refractivity contribution is 5.38. The molecule has 4 atom stereocenters. The second kappa shape index (κ2) is 9.58. The van der Waals surface area contributed by atoms with Crippen LogP contribution >= 0.6 is 0 Å². The fraction of sp³-hybridized carbons (Fsp3) is 0.724. The van der Waals surface area contributed by atoms with Gasteiger partial charge in [-0.15, -0.1) is 0 Å². The van der Waals surface area contributed by atoms with Crippen molar-refractivity contribution in [3.8, 4) is 0 Å². The summed E-state index contributed by atoms with van der Waals surface area (Å²) in [5, 5.41) is 19.9. The number of hydrogen-bond donors (Lipinski definition) is 2. The molecule has 4 aliphatic rings. The predicted molar refractivity (Wildman–Crippen MR) is 130 cm³/mol. The summed E-state index contributed by atoms with van der Waals surface area (Å²) in [5.74, 6) is 0.538. The molecule has 4 saturated carbocycles. The number of aliphatic hydroxyl groups excluding tert-OH is 1. The maximum absolute atomic E-state index is 13.3. The number of allylic oxidation sites excluding steroid dienone is 4. The Kier molecular flexibility index (Phi) is 7.37. The summed E-state index contributed by atoms with van der Waals surface area (Å²) in [4.78, 5) is 0. The molecule has 0 radical (unpaired) electrons. The van der Waals surface area contributed by atoms with E-state index in [2.05, 4.69) is 25.7 Å². The zero-order valence-electron chi connectivity index (χ0n) is 21.6. The molecule has 8 heteroatoms. The fourth-order valence-corrected chi connectivity index (χ4v) is 7.65. The van der Waals surface area contributed by atoms with Gasteiger partial charge >= 0.3 is 12.4 Å². The van der Waals surface area contributed by atoms with E-state index in [1.807, 2.05) is 0 Å². The lowest BCUT2D eigenvalue weighted by molar-refractivity contribution is -0.352. The summed E-state index contributed by atoms with van der Waals surface area (Å²) in [5.41, 5.74) is -3.09. The Hall–Kier alpha value is -1.54. The van der Waals surface area contributed by atoms with Crippen molar-refractivity contribution in [2.75, 3.05) is 0 Å². The van der Waals surface area contributed by atoms with Crippen LogP contribution in [0, 0.1) is 22.7 Å². The van der Waals surface area contributed by atoms with Gasteiger partial charge in [0.15, 0.2) is 0 Å². The molecule has 1 unspecified atom stereocenters. The number of aliphatic hydroxyl groups is 2. The monoisotopic (exact) mass is 532 g/mol. The molecule has 0 aromatic rings. The number of rotatable bonds is 5. The SMILES string of the molecule is C=C1/C(=C\C=C2/CCC[C@@]3(C)C2CC[C@@H]3C2(C/C=C(\C)C(O)(C(F)(F)F)C(F)(F)F)CC2)CCC[C@@H]1O. The first-order valence-electron chi connectivity index (χ1n) is 13.4. The number of alkyl halides is 6. The van der Waals surface area contributed by atoms with Crippen molar-refractivity contribution in [1.82, 2.24) is 0 Å². The molecule has 2 N–H and O–H groups in total. The largest absolute Gasteiger partial charge is 0.430 e. The molecule has 4 rings (SSSR count). The van der Waals surface area contributed by atoms with Gasteiger partial charge < -0.3 is 10.2 Å². The third kappa shape index (κ3) is 4.86. The molecule has 2 nitrogen and oxygen atoms in total. The Bertz CT molecular complexity index is 983. The molecule has 0 heterocycles. The van der Waals surface area contributed by atoms with E-state index in [4.69, 9.17) is 0 Å². The molecule has 4 aliphatic carbocycles. The van der Waals surface area contributed by atoms with Crippen LogP contribution in [0.25, 0.3) is 0 Å². The smallest absolute Gasteiger partial charge is 0.388 e. The molecule has 37 heavy (non-hydrogen) atoms. The van der Waals surface area contributed by atoms with Crippen molar-refractivity contribution in [3.05, 3.63) is 47.1 Å². The highest BCUT2D eigenvalue weighted by atomic mass is 19.4. The third-order valence-corrected chi connectivity index (χ3v) is 10.0. The second-order valence-corrected chi connectivity index (χ2v) is 12.1. The molecule has 0 aromatic heterocycles. The van der Waals surface area contributed by atoms with Gasteiger partial charge in [-0.1, -0.05) is 37.3 Å². The Morgan fingerprint density at radius 1 is 0.973 bits per heavy atom. The minimum atomic E-state index is -5.84. The van der Waals surface area contributed by atoms with E-state index < -0.39 is 29.6 Å². The normalized spacial score (nSPS) is 35.2. The van der Waals surface area contributed by atoms with Gasteiger partial charge in [0.05, 0.1) is 6.10 Å². The zero-order valence-corrected chi connectivity index (χ0v) is 21.6. The van der Waals surface area contributed by atoms with Crippen LogP contribution in [0.2, 0.25) is 0 Å². The van der Waals surface area contributed by atoms with Crippen LogP contribution in [0.15, 0.2) is 47.1 Å². The third-order valence-electron chi connectivity index (χ3n) is 10.0. The van der Waals surface area contributed by atoms with Crippen LogP contribution in [-0.2, 0) is 0 Å². The first-order valence-corrected chi connectivity index (χ1v) is 13.4. The summed E-state index contributed by atoms with van der Waals surface area (Å²) >= 11 is 0. The fourth-order valence-electron chi connectivity index (χ4n) is 7.65. The van der Waals surface area contributed by atoms with Gasteiger partial charge in [0.1, 0.15) is 0 Å². The van der Waals surface area contributed by atoms with Crippen LogP contribution in [0.4, 0.5) is 26.3 Å². The molecule has 0 spiro atoms. The summed E-state index contributed by atoms with van der Waals surface area (Å²) in [6, 6.07) is 0. The summed E-state index contributed by atoms with van der Waals surface area (Å²) < 4.78 is 79.9. The minimum absolute atomic E-state index is 0.0612. The Morgan fingerprint density at radius 2 is 1.62 bits per heavy atom. The topological polar surface area (TPSA) is 40.5 Å². The average Bonchev–Trinajstić information content (AvgIpc) is 3.49. The van der Waals surface area contributed by atoms with Gasteiger partial charge in [0.2, 0.25) is 0 Å². The lowest BCUT2D eigenvalue weighted by atomic mass is 9.59. The molecular weight excluding hydrogens is 494 g/mol. The number of halogens is 6. The first-order chi connectivity index (χ1) is 17.1. The van der Waals surface area contributed by atoms with Crippen LogP contribution < -0.4 is 0 Å². The van der Waals surface area contributed by atoms with E-state index in [9.17, 15) is 36.6 Å². The van der Waals surface area contributed by atoms with Crippen molar-refractivity contribution in [2.45, 2.75) is 109 Å². The van der Waals surface area contributed by atoms with E-state index in [0.29, 0.717) is 5.92 Å². The molecule has 0 amide bonds. The molecular formula is C29H38F6O2. The van der Waals surface area contributed by atoms with Crippen molar-refractivity contribution in [3.63, 3.8) is 0 Å². The highest BCUT2D eigenvalue weighted by Gasteiger charge is 2.71. The van der Waals surface area contributed by atoms with Gasteiger partial charge in [0.25, 0.3) is 5.60 Å². The summed E-state index contributed by atoms with van der Waals surface area (Å²) in [6.45, 7) is 7.03. The van der Waals surface area contributed by atoms with Crippen LogP contribution in [-0.4, -0.2) is 34.3 Å². The van der Waals surface area contributed by atoms with Crippen LogP contribution in [0.1, 0.15) is 84.5 Å². The molecule has 0 bridgehead atoms. The molecule has 4 fully saturated rings. The second-order valence-electron chi connectivity index (χ2n) is 12.1. The Balaban J connectivity index is 1.55. The lowest BCUT2D eigenvalue weighted by Crippen LogP contribution is -2.57. The maximum Gasteiger partial charge on any atom is 0.430 e. The maximum atomic E-state index is 13.3. The van der Waals surface area contributed by atoms with Crippen molar-refractivity contribution in [2.24, 2.45) is 22.7 Å². The Labute approximate surface area is 215 Å². The van der Waals surface area contributed by atoms with Gasteiger partial charge in [-0.05, 0) is 117 Å². The molecule has 0 saturated heterocycles. The quantitative estimate of drug-likeness (QED) is 0.277. The van der Waals surface area contributed by atoms with E-state index in [-0.39, 0.29) is 23.2 Å². The van der Waals surface area contributed by atoms with Gasteiger partial charge in [-0.2, -0.15) is 26.3 Å². The molecule has 0 aliphatic heterocycles. The van der Waals surface area contributed by atoms with E-state index in [1.54, 1.807) is 0 Å². The summed E-state index contributed by atoms with van der Waals surface area (Å²) in [7, 11) is 0. The van der Waals surface area contributed by atoms with Gasteiger partial charge in [-0.3, -0.25) is 0 Å². The molecule has 208 valence electrons. The highest BCUT2D eigenvalue weighted by Crippen LogP contribution is 2.70. The first kappa shape index (κ1) is 28.5. The van der Waals surface area contributed by atoms with E-state index >= 15 is 0 Å². The van der Waals surface area contributed by atoms with Crippen molar-refractivity contribution in [1.29, 1.82) is 0 Å². The average molecular weight is 533 g/mol.